The standard InChI is InChI=1S/C15H22N2O3/c1-19-12-15(18)16-10-13-3-2-4-14(9-13)11-17-5-7-20-8-6-17/h2-4,9H,5-8,10-12H2,1H3,(H,16,18). The van der Waals surface area contributed by atoms with Crippen LogP contribution < -0.4 is 5.32 Å². The van der Waals surface area contributed by atoms with Gasteiger partial charge in [-0.2, -0.15) is 0 Å². The number of amides is 1. The molecule has 0 saturated carbocycles. The smallest absolute Gasteiger partial charge is 0.246 e. The Labute approximate surface area is 119 Å². The predicted molar refractivity (Wildman–Crippen MR) is 76.3 cm³/mol. The molecule has 20 heavy (non-hydrogen) atoms. The summed E-state index contributed by atoms with van der Waals surface area (Å²) < 4.78 is 10.1. The molecule has 0 unspecified atom stereocenters. The van der Waals surface area contributed by atoms with E-state index < -0.39 is 0 Å². The molecule has 0 radical (unpaired) electrons. The van der Waals surface area contributed by atoms with Crippen molar-refractivity contribution in [1.82, 2.24) is 10.2 Å². The third-order valence-electron chi connectivity index (χ3n) is 3.27. The summed E-state index contributed by atoms with van der Waals surface area (Å²) in [6.45, 7) is 5.17. The van der Waals surface area contributed by atoms with Gasteiger partial charge in [0.1, 0.15) is 6.61 Å². The SMILES string of the molecule is COCC(=O)NCc1cccc(CN2CCOCC2)c1. The minimum absolute atomic E-state index is 0.0916. The highest BCUT2D eigenvalue weighted by atomic mass is 16.5. The van der Waals surface area contributed by atoms with Gasteiger partial charge in [-0.15, -0.1) is 0 Å². The van der Waals surface area contributed by atoms with Gasteiger partial charge in [-0.3, -0.25) is 9.69 Å². The minimum Gasteiger partial charge on any atom is -0.379 e. The molecular weight excluding hydrogens is 256 g/mol. The van der Waals surface area contributed by atoms with E-state index in [9.17, 15) is 4.79 Å². The maximum atomic E-state index is 11.4. The maximum absolute atomic E-state index is 11.4. The second-order valence-corrected chi connectivity index (χ2v) is 4.92. The molecule has 0 aromatic heterocycles. The fourth-order valence-corrected chi connectivity index (χ4v) is 2.24. The number of hydrogen-bond donors (Lipinski definition) is 1. The Bertz CT molecular complexity index is 431. The number of ether oxygens (including phenoxy) is 2. The van der Waals surface area contributed by atoms with Crippen molar-refractivity contribution in [3.63, 3.8) is 0 Å². The van der Waals surface area contributed by atoms with E-state index in [1.807, 2.05) is 12.1 Å². The van der Waals surface area contributed by atoms with Crippen molar-refractivity contribution in [3.05, 3.63) is 35.4 Å². The van der Waals surface area contributed by atoms with Crippen molar-refractivity contribution in [2.24, 2.45) is 0 Å². The number of nitrogens with zero attached hydrogens (tertiary/aromatic N) is 1. The van der Waals surface area contributed by atoms with Crippen LogP contribution in [0.25, 0.3) is 0 Å². The summed E-state index contributed by atoms with van der Waals surface area (Å²) in [5, 5.41) is 2.83. The fourth-order valence-electron chi connectivity index (χ4n) is 2.24. The second-order valence-electron chi connectivity index (χ2n) is 4.92. The molecule has 0 bridgehead atoms. The number of morpholine rings is 1. The van der Waals surface area contributed by atoms with E-state index in [1.165, 1.54) is 12.7 Å². The normalized spacial score (nSPS) is 16.1. The zero-order chi connectivity index (χ0) is 14.2. The molecule has 1 aromatic carbocycles. The molecule has 0 spiro atoms. The topological polar surface area (TPSA) is 50.8 Å². The lowest BCUT2D eigenvalue weighted by Gasteiger charge is -2.26. The van der Waals surface area contributed by atoms with Gasteiger partial charge in [0.15, 0.2) is 0 Å². The van der Waals surface area contributed by atoms with Gasteiger partial charge in [0.05, 0.1) is 13.2 Å². The first-order valence-corrected chi connectivity index (χ1v) is 6.91. The molecule has 1 fully saturated rings. The van der Waals surface area contributed by atoms with Crippen LogP contribution in [0.5, 0.6) is 0 Å². The Morgan fingerprint density at radius 1 is 1.35 bits per heavy atom. The van der Waals surface area contributed by atoms with Gasteiger partial charge in [-0.1, -0.05) is 24.3 Å². The van der Waals surface area contributed by atoms with Crippen molar-refractivity contribution in [2.75, 3.05) is 40.0 Å². The van der Waals surface area contributed by atoms with Gasteiger partial charge in [0, 0.05) is 33.3 Å². The first kappa shape index (κ1) is 15.0. The van der Waals surface area contributed by atoms with Gasteiger partial charge in [0.25, 0.3) is 0 Å². The van der Waals surface area contributed by atoms with Crippen molar-refractivity contribution >= 4 is 5.91 Å². The van der Waals surface area contributed by atoms with E-state index in [-0.39, 0.29) is 12.5 Å². The third-order valence-corrected chi connectivity index (χ3v) is 3.27. The first-order chi connectivity index (χ1) is 9.78. The number of carbonyl (C=O) groups is 1. The van der Waals surface area contributed by atoms with E-state index in [2.05, 4.69) is 22.3 Å². The van der Waals surface area contributed by atoms with Crippen molar-refractivity contribution in [1.29, 1.82) is 0 Å². The van der Waals surface area contributed by atoms with Crippen LogP contribution in [0.15, 0.2) is 24.3 Å². The second kappa shape index (κ2) is 7.99. The van der Waals surface area contributed by atoms with E-state index in [0.29, 0.717) is 6.54 Å². The van der Waals surface area contributed by atoms with Crippen LogP contribution in [0.1, 0.15) is 11.1 Å². The lowest BCUT2D eigenvalue weighted by molar-refractivity contribution is -0.124. The fraction of sp³-hybridized carbons (Fsp3) is 0.533. The number of hydrogen-bond acceptors (Lipinski definition) is 4. The molecule has 1 aliphatic heterocycles. The number of benzene rings is 1. The van der Waals surface area contributed by atoms with Crippen molar-refractivity contribution in [3.8, 4) is 0 Å². The molecule has 5 heteroatoms. The van der Waals surface area contributed by atoms with Crippen LogP contribution in [-0.4, -0.2) is 50.8 Å². The number of methoxy groups -OCH3 is 1. The van der Waals surface area contributed by atoms with E-state index in [1.54, 1.807) is 0 Å². The molecule has 1 aliphatic rings. The monoisotopic (exact) mass is 278 g/mol. The van der Waals surface area contributed by atoms with E-state index in [0.717, 1.165) is 38.4 Å². The summed E-state index contributed by atoms with van der Waals surface area (Å²) in [6, 6.07) is 8.32. The Morgan fingerprint density at radius 2 is 2.10 bits per heavy atom. The average Bonchev–Trinajstić information content (AvgIpc) is 2.47. The van der Waals surface area contributed by atoms with Gasteiger partial charge in [-0.25, -0.2) is 0 Å². The maximum Gasteiger partial charge on any atom is 0.246 e. The molecule has 110 valence electrons. The first-order valence-electron chi connectivity index (χ1n) is 6.91. The molecule has 1 amide bonds. The number of rotatable bonds is 6. The zero-order valence-electron chi connectivity index (χ0n) is 11.9. The molecule has 0 aliphatic carbocycles. The predicted octanol–water partition coefficient (Wildman–Crippen LogP) is 0.781. The van der Waals surface area contributed by atoms with Crippen LogP contribution in [0.2, 0.25) is 0 Å². The highest BCUT2D eigenvalue weighted by Crippen LogP contribution is 2.10. The Morgan fingerprint density at radius 3 is 2.85 bits per heavy atom. The highest BCUT2D eigenvalue weighted by Gasteiger charge is 2.10. The Balaban J connectivity index is 1.85. The molecule has 0 atom stereocenters. The summed E-state index contributed by atoms with van der Waals surface area (Å²) in [6.07, 6.45) is 0. The summed E-state index contributed by atoms with van der Waals surface area (Å²) in [5.74, 6) is -0.0916. The van der Waals surface area contributed by atoms with Crippen LogP contribution in [-0.2, 0) is 27.4 Å². The summed E-state index contributed by atoms with van der Waals surface area (Å²) >= 11 is 0. The quantitative estimate of drug-likeness (QED) is 0.835. The van der Waals surface area contributed by atoms with Gasteiger partial charge < -0.3 is 14.8 Å². The lowest BCUT2D eigenvalue weighted by atomic mass is 10.1. The number of nitrogens with one attached hydrogen (secondary N) is 1. The van der Waals surface area contributed by atoms with Gasteiger partial charge in [-0.05, 0) is 11.1 Å². The third kappa shape index (κ3) is 4.92. The Kier molecular flexibility index (Phi) is 5.98. The summed E-state index contributed by atoms with van der Waals surface area (Å²) in [4.78, 5) is 13.7. The largest absolute Gasteiger partial charge is 0.379 e. The molecule has 2 rings (SSSR count). The number of carbonyl (C=O) groups excluding carboxylic acids is 1. The minimum atomic E-state index is -0.0916. The molecule has 1 aromatic rings. The molecule has 5 nitrogen and oxygen atoms in total. The zero-order valence-corrected chi connectivity index (χ0v) is 11.9. The van der Waals surface area contributed by atoms with Crippen molar-refractivity contribution < 1.29 is 14.3 Å². The van der Waals surface area contributed by atoms with E-state index >= 15 is 0 Å². The van der Waals surface area contributed by atoms with Crippen LogP contribution >= 0.6 is 0 Å². The van der Waals surface area contributed by atoms with Gasteiger partial charge in [0.2, 0.25) is 5.91 Å². The van der Waals surface area contributed by atoms with Gasteiger partial charge >= 0.3 is 0 Å². The molecule has 1 saturated heterocycles. The summed E-state index contributed by atoms with van der Waals surface area (Å²) in [7, 11) is 1.52. The van der Waals surface area contributed by atoms with Crippen LogP contribution in [0.4, 0.5) is 0 Å². The Hall–Kier alpha value is -1.43. The van der Waals surface area contributed by atoms with Crippen molar-refractivity contribution in [2.45, 2.75) is 13.1 Å². The lowest BCUT2D eigenvalue weighted by Crippen LogP contribution is -2.35. The summed E-state index contributed by atoms with van der Waals surface area (Å²) in [5.41, 5.74) is 2.38. The molecule has 1 N–H and O–H groups in total. The molecular formula is C15H22N2O3. The van der Waals surface area contributed by atoms with Crippen LogP contribution in [0, 0.1) is 0 Å². The average molecular weight is 278 g/mol. The van der Waals surface area contributed by atoms with E-state index in [4.69, 9.17) is 9.47 Å². The highest BCUT2D eigenvalue weighted by molar-refractivity contribution is 5.77. The van der Waals surface area contributed by atoms with Crippen LogP contribution in [0.3, 0.4) is 0 Å². The molecule has 1 heterocycles.